The Hall–Kier alpha value is -0.340. The van der Waals surface area contributed by atoms with Crippen LogP contribution in [0.1, 0.15) is 39.5 Å². The van der Waals surface area contributed by atoms with Gasteiger partial charge in [0.1, 0.15) is 18.3 Å². The van der Waals surface area contributed by atoms with Crippen molar-refractivity contribution in [2.45, 2.75) is 63.4 Å². The predicted octanol–water partition coefficient (Wildman–Crippen LogP) is 2.68. The molecule has 0 amide bonds. The van der Waals surface area contributed by atoms with E-state index >= 15 is 0 Å². The smallest absolute Gasteiger partial charge is 0.117 e. The molecular formula is C13H20O2. The summed E-state index contributed by atoms with van der Waals surface area (Å²) in [7, 11) is 0. The van der Waals surface area contributed by atoms with Crippen molar-refractivity contribution in [3.05, 3.63) is 12.2 Å². The fourth-order valence-electron chi connectivity index (χ4n) is 2.94. The van der Waals surface area contributed by atoms with Crippen molar-refractivity contribution in [3.8, 4) is 0 Å². The van der Waals surface area contributed by atoms with Crippen molar-refractivity contribution in [1.82, 2.24) is 0 Å². The maximum absolute atomic E-state index is 5.73. The van der Waals surface area contributed by atoms with Gasteiger partial charge in [0.2, 0.25) is 0 Å². The Bertz CT molecular complexity index is 289. The SMILES string of the molecule is C=C(C1CCCC1)[C@@H]1O[C@@H]1[C@H]1OC1(C)C. The maximum Gasteiger partial charge on any atom is 0.117 e. The number of rotatable bonds is 3. The van der Waals surface area contributed by atoms with Crippen LogP contribution in [0.5, 0.6) is 0 Å². The zero-order valence-corrected chi connectivity index (χ0v) is 9.66. The summed E-state index contributed by atoms with van der Waals surface area (Å²) >= 11 is 0. The first-order chi connectivity index (χ1) is 7.09. The summed E-state index contributed by atoms with van der Waals surface area (Å²) in [6, 6.07) is 0. The summed E-state index contributed by atoms with van der Waals surface area (Å²) in [5.74, 6) is 0.724. The Morgan fingerprint density at radius 3 is 2.40 bits per heavy atom. The third-order valence-corrected chi connectivity index (χ3v) is 4.13. The molecule has 84 valence electrons. The summed E-state index contributed by atoms with van der Waals surface area (Å²) < 4.78 is 11.3. The van der Waals surface area contributed by atoms with Gasteiger partial charge in [0.05, 0.1) is 5.60 Å². The van der Waals surface area contributed by atoms with Gasteiger partial charge in [0, 0.05) is 0 Å². The molecule has 0 aromatic rings. The maximum atomic E-state index is 5.73. The fraction of sp³-hybridized carbons (Fsp3) is 0.846. The Labute approximate surface area is 91.6 Å². The summed E-state index contributed by atoms with van der Waals surface area (Å²) in [6.07, 6.45) is 6.31. The first-order valence-corrected chi connectivity index (χ1v) is 6.11. The fourth-order valence-corrected chi connectivity index (χ4v) is 2.94. The molecule has 0 unspecified atom stereocenters. The number of epoxide rings is 2. The van der Waals surface area contributed by atoms with Crippen LogP contribution in [0.15, 0.2) is 12.2 Å². The van der Waals surface area contributed by atoms with E-state index in [0.29, 0.717) is 18.3 Å². The van der Waals surface area contributed by atoms with E-state index in [1.807, 2.05) is 0 Å². The van der Waals surface area contributed by atoms with E-state index in [9.17, 15) is 0 Å². The Morgan fingerprint density at radius 2 is 1.87 bits per heavy atom. The van der Waals surface area contributed by atoms with Gasteiger partial charge in [-0.05, 0) is 38.2 Å². The van der Waals surface area contributed by atoms with Crippen molar-refractivity contribution in [2.24, 2.45) is 5.92 Å². The lowest BCUT2D eigenvalue weighted by molar-refractivity contribution is 0.293. The third kappa shape index (κ3) is 1.64. The van der Waals surface area contributed by atoms with Gasteiger partial charge < -0.3 is 9.47 Å². The van der Waals surface area contributed by atoms with Crippen molar-refractivity contribution >= 4 is 0 Å². The van der Waals surface area contributed by atoms with Crippen molar-refractivity contribution in [1.29, 1.82) is 0 Å². The minimum absolute atomic E-state index is 0.0510. The van der Waals surface area contributed by atoms with Gasteiger partial charge >= 0.3 is 0 Å². The quantitative estimate of drug-likeness (QED) is 0.526. The van der Waals surface area contributed by atoms with E-state index in [-0.39, 0.29) is 5.60 Å². The molecule has 2 heterocycles. The average molecular weight is 208 g/mol. The Morgan fingerprint density at radius 1 is 1.27 bits per heavy atom. The molecule has 3 rings (SSSR count). The summed E-state index contributed by atoms with van der Waals surface area (Å²) in [6.45, 7) is 8.49. The van der Waals surface area contributed by atoms with Crippen LogP contribution in [-0.4, -0.2) is 23.9 Å². The molecule has 0 bridgehead atoms. The first-order valence-electron chi connectivity index (χ1n) is 6.11. The standard InChI is InChI=1S/C13H20O2/c1-8(9-6-4-5-7-9)10-11(14-10)12-13(2,3)15-12/h9-12H,1,4-7H2,2-3H3/t10-,11-,12+/m0/s1. The predicted molar refractivity (Wildman–Crippen MR) is 58.7 cm³/mol. The largest absolute Gasteiger partial charge is 0.364 e. The highest BCUT2D eigenvalue weighted by atomic mass is 16.7. The molecule has 15 heavy (non-hydrogen) atoms. The zero-order valence-electron chi connectivity index (χ0n) is 9.66. The zero-order chi connectivity index (χ0) is 10.6. The second kappa shape index (κ2) is 3.08. The summed E-state index contributed by atoms with van der Waals surface area (Å²) in [4.78, 5) is 0. The molecule has 1 aliphatic carbocycles. The van der Waals surface area contributed by atoms with Crippen LogP contribution in [0.3, 0.4) is 0 Å². The average Bonchev–Trinajstić information content (AvgIpc) is 3.00. The van der Waals surface area contributed by atoms with E-state index in [0.717, 1.165) is 5.92 Å². The topological polar surface area (TPSA) is 25.1 Å². The highest BCUT2D eigenvalue weighted by Gasteiger charge is 2.62. The Balaban J connectivity index is 1.56. The van der Waals surface area contributed by atoms with Crippen LogP contribution in [0, 0.1) is 5.92 Å². The molecule has 3 atom stereocenters. The molecule has 0 N–H and O–H groups in total. The molecule has 1 saturated carbocycles. The molecule has 0 aromatic heterocycles. The van der Waals surface area contributed by atoms with Crippen LogP contribution in [0.2, 0.25) is 0 Å². The van der Waals surface area contributed by atoms with E-state index in [2.05, 4.69) is 20.4 Å². The van der Waals surface area contributed by atoms with Crippen molar-refractivity contribution < 1.29 is 9.47 Å². The molecule has 2 saturated heterocycles. The van der Waals surface area contributed by atoms with Crippen molar-refractivity contribution in [3.63, 3.8) is 0 Å². The summed E-state index contributed by atoms with van der Waals surface area (Å²) in [5, 5.41) is 0. The number of hydrogen-bond acceptors (Lipinski definition) is 2. The highest BCUT2D eigenvalue weighted by Crippen LogP contribution is 2.50. The lowest BCUT2D eigenvalue weighted by Gasteiger charge is -2.09. The minimum atomic E-state index is 0.0510. The number of hydrogen-bond donors (Lipinski definition) is 0. The molecule has 0 spiro atoms. The van der Waals surface area contributed by atoms with Gasteiger partial charge in [-0.15, -0.1) is 0 Å². The Kier molecular flexibility index (Phi) is 2.02. The molecule has 3 fully saturated rings. The molecule has 0 radical (unpaired) electrons. The monoisotopic (exact) mass is 208 g/mol. The van der Waals surface area contributed by atoms with Crippen LogP contribution >= 0.6 is 0 Å². The van der Waals surface area contributed by atoms with Gasteiger partial charge in [-0.1, -0.05) is 19.4 Å². The van der Waals surface area contributed by atoms with E-state index in [1.165, 1.54) is 31.3 Å². The van der Waals surface area contributed by atoms with Crippen LogP contribution < -0.4 is 0 Å². The molecular weight excluding hydrogens is 188 g/mol. The molecule has 3 aliphatic rings. The summed E-state index contributed by atoms with van der Waals surface area (Å²) in [5.41, 5.74) is 1.39. The van der Waals surface area contributed by atoms with Gasteiger partial charge in [-0.25, -0.2) is 0 Å². The lowest BCUT2D eigenvalue weighted by atomic mass is 9.93. The first kappa shape index (κ1) is 9.86. The van der Waals surface area contributed by atoms with Crippen molar-refractivity contribution in [2.75, 3.05) is 0 Å². The number of ether oxygens (including phenoxy) is 2. The van der Waals surface area contributed by atoms with Crippen LogP contribution in [0.4, 0.5) is 0 Å². The molecule has 2 heteroatoms. The van der Waals surface area contributed by atoms with Crippen LogP contribution in [-0.2, 0) is 9.47 Å². The normalized spacial score (nSPS) is 42.9. The van der Waals surface area contributed by atoms with Gasteiger partial charge in [-0.2, -0.15) is 0 Å². The van der Waals surface area contributed by atoms with E-state index in [4.69, 9.17) is 9.47 Å². The van der Waals surface area contributed by atoms with Gasteiger partial charge in [0.25, 0.3) is 0 Å². The van der Waals surface area contributed by atoms with E-state index < -0.39 is 0 Å². The minimum Gasteiger partial charge on any atom is -0.364 e. The second-order valence-electron chi connectivity index (χ2n) is 5.72. The molecule has 2 nitrogen and oxygen atoms in total. The molecule has 0 aromatic carbocycles. The lowest BCUT2D eigenvalue weighted by Crippen LogP contribution is -2.14. The molecule has 2 aliphatic heterocycles. The van der Waals surface area contributed by atoms with Gasteiger partial charge in [-0.3, -0.25) is 0 Å². The third-order valence-electron chi connectivity index (χ3n) is 4.13. The second-order valence-corrected chi connectivity index (χ2v) is 5.72. The van der Waals surface area contributed by atoms with E-state index in [1.54, 1.807) is 0 Å². The van der Waals surface area contributed by atoms with Gasteiger partial charge in [0.15, 0.2) is 0 Å². The van der Waals surface area contributed by atoms with Crippen LogP contribution in [0.25, 0.3) is 0 Å². The highest BCUT2D eigenvalue weighted by molar-refractivity contribution is 5.22.